The van der Waals surface area contributed by atoms with E-state index in [4.69, 9.17) is 34.4 Å². The van der Waals surface area contributed by atoms with E-state index in [-0.39, 0.29) is 87.7 Å². The lowest BCUT2D eigenvalue weighted by atomic mass is 9.98. The van der Waals surface area contributed by atoms with E-state index in [0.717, 1.165) is 6.42 Å². The number of primary amides is 1. The minimum absolute atomic E-state index is 0.0108. The Bertz CT molecular complexity index is 1840. The number of hydrogen-bond donors (Lipinski definition) is 14. The number of nitrogens with zero attached hydrogens (tertiary/aromatic N) is 2. The molecule has 0 unspecified atom stereocenters. The molecule has 0 saturated heterocycles. The fourth-order valence-corrected chi connectivity index (χ4v) is 7.74. The summed E-state index contributed by atoms with van der Waals surface area (Å²) in [6.07, 6.45) is 5.38. The van der Waals surface area contributed by atoms with Crippen LogP contribution in [0, 0.1) is 17.8 Å². The summed E-state index contributed by atoms with van der Waals surface area (Å²) in [5, 5.41) is 21.9. The lowest BCUT2D eigenvalue weighted by Gasteiger charge is -2.29. The Labute approximate surface area is 438 Å². The lowest BCUT2D eigenvalue weighted by molar-refractivity contribution is -0.136. The number of amides is 9. The Kier molecular flexibility index (Phi) is 34.3. The van der Waals surface area contributed by atoms with Crippen LogP contribution in [0.3, 0.4) is 0 Å². The number of hydrogen-bond acceptors (Lipinski definition) is 12. The molecule has 25 nitrogen and oxygen atoms in total. The van der Waals surface area contributed by atoms with Gasteiger partial charge < -0.3 is 76.9 Å². The first-order valence-electron chi connectivity index (χ1n) is 26.3. The first-order chi connectivity index (χ1) is 34.8. The summed E-state index contributed by atoms with van der Waals surface area (Å²) in [7, 11) is 0. The van der Waals surface area contributed by atoms with E-state index >= 15 is 0 Å². The van der Waals surface area contributed by atoms with Crippen molar-refractivity contribution in [1.29, 1.82) is 0 Å². The maximum atomic E-state index is 14.3. The fraction of sp³-hybridized carbons (Fsp3) is 0.776. The van der Waals surface area contributed by atoms with E-state index < -0.39 is 102 Å². The second-order valence-corrected chi connectivity index (χ2v) is 20.0. The van der Waals surface area contributed by atoms with E-state index in [2.05, 4.69) is 52.5 Å². The molecule has 0 aliphatic heterocycles. The van der Waals surface area contributed by atoms with E-state index in [9.17, 15) is 43.2 Å². The molecule has 0 aromatic rings. The summed E-state index contributed by atoms with van der Waals surface area (Å²) in [6.45, 7) is 16.5. The second-order valence-electron chi connectivity index (χ2n) is 20.0. The highest BCUT2D eigenvalue weighted by atomic mass is 16.2. The van der Waals surface area contributed by atoms with Gasteiger partial charge in [0.1, 0.15) is 48.3 Å². The highest BCUT2D eigenvalue weighted by Crippen LogP contribution is 2.14. The fourth-order valence-electron chi connectivity index (χ4n) is 7.74. The Hall–Kier alpha value is -6.27. The molecule has 20 N–H and O–H groups in total. The van der Waals surface area contributed by atoms with E-state index in [1.807, 2.05) is 41.5 Å². The third-order valence-corrected chi connectivity index (χ3v) is 11.7. The molecule has 25 heteroatoms. The van der Waals surface area contributed by atoms with Gasteiger partial charge in [0.05, 0.1) is 0 Å². The summed E-state index contributed by atoms with van der Waals surface area (Å²) in [4.78, 5) is 130. The van der Waals surface area contributed by atoms with Crippen molar-refractivity contribution in [2.45, 2.75) is 207 Å². The third-order valence-electron chi connectivity index (χ3n) is 11.7. The molecule has 8 atom stereocenters. The predicted molar refractivity (Wildman–Crippen MR) is 286 cm³/mol. The maximum absolute atomic E-state index is 14.3. The molecule has 0 saturated carbocycles. The normalized spacial score (nSPS) is 14.4. The molecule has 9 amide bonds. The Balaban J connectivity index is 6.74. The smallest absolute Gasteiger partial charge is 0.243 e. The minimum Gasteiger partial charge on any atom is -0.370 e. The largest absolute Gasteiger partial charge is 0.370 e. The Morgan fingerprint density at radius 3 is 1.08 bits per heavy atom. The van der Waals surface area contributed by atoms with Crippen LogP contribution in [0.15, 0.2) is 9.98 Å². The van der Waals surface area contributed by atoms with Gasteiger partial charge in [0.2, 0.25) is 53.2 Å². The summed E-state index contributed by atoms with van der Waals surface area (Å²) in [5.74, 6) is -7.01. The maximum Gasteiger partial charge on any atom is 0.243 e. The van der Waals surface area contributed by atoms with E-state index in [1.165, 1.54) is 6.92 Å². The van der Waals surface area contributed by atoms with Gasteiger partial charge in [0.25, 0.3) is 0 Å². The first-order valence-corrected chi connectivity index (χ1v) is 26.3. The number of unbranched alkanes of at least 4 members (excludes halogenated alkanes) is 3. The van der Waals surface area contributed by atoms with Gasteiger partial charge in [0, 0.05) is 20.0 Å². The Morgan fingerprint density at radius 1 is 0.405 bits per heavy atom. The van der Waals surface area contributed by atoms with E-state index in [1.54, 1.807) is 13.8 Å². The number of rotatable bonds is 39. The van der Waals surface area contributed by atoms with Crippen molar-refractivity contribution in [3.63, 3.8) is 0 Å². The van der Waals surface area contributed by atoms with Crippen molar-refractivity contribution in [2.75, 3.05) is 19.6 Å². The number of carbonyl (C=O) groups excluding carboxylic acids is 9. The van der Waals surface area contributed by atoms with E-state index in [0.29, 0.717) is 51.5 Å². The predicted octanol–water partition coefficient (Wildman–Crippen LogP) is -1.27. The summed E-state index contributed by atoms with van der Waals surface area (Å²) in [6, 6.07) is -9.02. The summed E-state index contributed by atoms with van der Waals surface area (Å²) < 4.78 is 0. The zero-order valence-corrected chi connectivity index (χ0v) is 45.6. The number of nitrogens with one attached hydrogen (secondary N) is 8. The zero-order chi connectivity index (χ0) is 56.5. The molecule has 424 valence electrons. The highest BCUT2D eigenvalue weighted by molar-refractivity contribution is 5.98. The molecule has 74 heavy (non-hydrogen) atoms. The average Bonchev–Trinajstić information content (AvgIpc) is 3.30. The molecule has 0 rings (SSSR count). The van der Waals surface area contributed by atoms with Gasteiger partial charge in [-0.05, 0) is 94.9 Å². The van der Waals surface area contributed by atoms with Crippen LogP contribution < -0.4 is 76.9 Å². The van der Waals surface area contributed by atoms with Crippen LogP contribution in [-0.2, 0) is 43.2 Å². The van der Waals surface area contributed by atoms with Crippen LogP contribution in [0.5, 0.6) is 0 Å². The SMILES string of the molecule is CCCC[C@H](NC(C)=O)C(=O)N[C@@H](CCCC)C(=O)N[C@@H](CC(C)C)C(=O)N[C@@H](CC(C)C)C(=O)N[C@@H](CCCN=C(N)N)C(=O)N[C@H](C(=O)N[C@@H](CCCCN)C(=O)N[C@@H](CCCN=C(N)N)C(N)=O)C(C)C. The molecule has 0 aliphatic carbocycles. The molecule has 0 fully saturated rings. The van der Waals surface area contributed by atoms with Crippen molar-refractivity contribution < 1.29 is 43.2 Å². The second kappa shape index (κ2) is 37.5. The molecule has 0 aromatic carbocycles. The van der Waals surface area contributed by atoms with Gasteiger partial charge in [-0.3, -0.25) is 53.1 Å². The average molecular weight is 1050 g/mol. The first kappa shape index (κ1) is 67.7. The van der Waals surface area contributed by atoms with Crippen molar-refractivity contribution in [1.82, 2.24) is 42.5 Å². The number of carbonyl (C=O) groups is 9. The quantitative estimate of drug-likeness (QED) is 0.0194. The van der Waals surface area contributed by atoms with Crippen LogP contribution in [0.4, 0.5) is 0 Å². The third kappa shape index (κ3) is 29.4. The van der Waals surface area contributed by atoms with Gasteiger partial charge in [0.15, 0.2) is 11.9 Å². The monoisotopic (exact) mass is 1050 g/mol. The zero-order valence-electron chi connectivity index (χ0n) is 45.6. The Morgan fingerprint density at radius 2 is 0.730 bits per heavy atom. The summed E-state index contributed by atoms with van der Waals surface area (Å²) in [5.41, 5.74) is 33.2. The molecule has 0 radical (unpaired) electrons. The van der Waals surface area contributed by atoms with Crippen molar-refractivity contribution >= 4 is 65.1 Å². The molecule has 0 heterocycles. The van der Waals surface area contributed by atoms with Gasteiger partial charge in [-0.2, -0.15) is 0 Å². The van der Waals surface area contributed by atoms with Crippen LogP contribution in [0.25, 0.3) is 0 Å². The number of guanidine groups is 2. The highest BCUT2D eigenvalue weighted by Gasteiger charge is 2.35. The van der Waals surface area contributed by atoms with Crippen LogP contribution in [0.2, 0.25) is 0 Å². The summed E-state index contributed by atoms with van der Waals surface area (Å²) >= 11 is 0. The standard InChI is InChI=1S/C49H94N16O9/c1-10-12-18-33(58-31(9)66)41(68)60-34(19-13-11-2)43(70)63-38(27-29(5)6)46(73)64-37(26-28(3)4)45(72)61-36(22-17-25-57-49(54)55)44(71)65-39(30(7)8)47(74)62-35(20-14-15-23-50)42(69)59-32(40(51)67)21-16-24-56-48(52)53/h28-30,32-39H,10-27,50H2,1-9H3,(H2,51,67)(H,58,66)(H,59,69)(H,60,68)(H,61,72)(H,62,74)(H,63,70)(H,64,73)(H,65,71)(H4,52,53,56)(H4,54,55,57)/t32-,33-,34-,35-,36-,37-,38-,39-/m0/s1. The van der Waals surface area contributed by atoms with Gasteiger partial charge in [-0.25, -0.2) is 0 Å². The van der Waals surface area contributed by atoms with Crippen molar-refractivity contribution in [2.24, 2.45) is 62.1 Å². The minimum atomic E-state index is -1.29. The number of aliphatic imine (C=N–C) groups is 2. The molecule has 0 aromatic heterocycles. The molecule has 0 spiro atoms. The molecule has 0 bridgehead atoms. The van der Waals surface area contributed by atoms with Gasteiger partial charge >= 0.3 is 0 Å². The van der Waals surface area contributed by atoms with Crippen LogP contribution in [-0.4, -0.2) is 133 Å². The lowest BCUT2D eigenvalue weighted by Crippen LogP contribution is -2.61. The molecule has 0 aliphatic rings. The molecular weight excluding hydrogens is 957 g/mol. The van der Waals surface area contributed by atoms with Crippen molar-refractivity contribution in [3.8, 4) is 0 Å². The van der Waals surface area contributed by atoms with Crippen molar-refractivity contribution in [3.05, 3.63) is 0 Å². The van der Waals surface area contributed by atoms with Crippen LogP contribution in [0.1, 0.15) is 159 Å². The van der Waals surface area contributed by atoms with Gasteiger partial charge in [-0.15, -0.1) is 0 Å². The van der Waals surface area contributed by atoms with Gasteiger partial charge in [-0.1, -0.05) is 81.1 Å². The molecular formula is C49H94N16O9. The number of nitrogens with two attached hydrogens (primary N) is 6. The topological polar surface area (TPSA) is 431 Å². The van der Waals surface area contributed by atoms with Crippen LogP contribution >= 0.6 is 0 Å².